The van der Waals surface area contributed by atoms with Gasteiger partial charge in [0.2, 0.25) is 0 Å². The monoisotopic (exact) mass is 223 g/mol. The fourth-order valence-corrected chi connectivity index (χ4v) is 1.60. The van der Waals surface area contributed by atoms with E-state index in [-0.39, 0.29) is 11.8 Å². The summed E-state index contributed by atoms with van der Waals surface area (Å²) < 4.78 is 1.80. The molecule has 0 radical (unpaired) electrons. The number of nitrogens with zero attached hydrogens (tertiary/aromatic N) is 3. The predicted molar refractivity (Wildman–Crippen MR) is 65.2 cm³/mol. The van der Waals surface area contributed by atoms with E-state index >= 15 is 0 Å². The maximum absolute atomic E-state index is 7.39. The van der Waals surface area contributed by atoms with E-state index in [2.05, 4.69) is 16.9 Å². The van der Waals surface area contributed by atoms with Crippen molar-refractivity contribution in [3.63, 3.8) is 0 Å². The van der Waals surface area contributed by atoms with Gasteiger partial charge in [-0.05, 0) is 6.54 Å². The van der Waals surface area contributed by atoms with Crippen molar-refractivity contribution in [3.05, 3.63) is 18.0 Å². The summed E-state index contributed by atoms with van der Waals surface area (Å²) in [5.41, 5.74) is 6.67. The molecule has 0 aliphatic heterocycles. The molecule has 0 bridgehead atoms. The first-order valence-electron chi connectivity index (χ1n) is 5.56. The first kappa shape index (κ1) is 12.7. The standard InChI is InChI=1S/C11H21N5/c1-4-16(6-9(2)11(12)13)8-10-5-14-15(3)7-10/h5,7,9H,4,6,8H2,1-3H3,(H3,12,13). The lowest BCUT2D eigenvalue weighted by atomic mass is 10.1. The van der Waals surface area contributed by atoms with E-state index in [1.54, 1.807) is 4.68 Å². The summed E-state index contributed by atoms with van der Waals surface area (Å²) in [6.45, 7) is 6.73. The highest BCUT2D eigenvalue weighted by Crippen LogP contribution is 2.06. The molecule has 16 heavy (non-hydrogen) atoms. The average molecular weight is 223 g/mol. The van der Waals surface area contributed by atoms with E-state index in [9.17, 15) is 0 Å². The van der Waals surface area contributed by atoms with Crippen molar-refractivity contribution in [2.45, 2.75) is 20.4 Å². The zero-order valence-corrected chi connectivity index (χ0v) is 10.3. The Bertz CT molecular complexity index is 344. The molecule has 5 heteroatoms. The van der Waals surface area contributed by atoms with E-state index < -0.39 is 0 Å². The van der Waals surface area contributed by atoms with Gasteiger partial charge in [-0.3, -0.25) is 15.0 Å². The van der Waals surface area contributed by atoms with Crippen LogP contribution >= 0.6 is 0 Å². The van der Waals surface area contributed by atoms with Crippen molar-refractivity contribution in [1.29, 1.82) is 5.41 Å². The molecular weight excluding hydrogens is 202 g/mol. The van der Waals surface area contributed by atoms with Crippen LogP contribution in [-0.2, 0) is 13.6 Å². The van der Waals surface area contributed by atoms with Crippen LogP contribution in [0.5, 0.6) is 0 Å². The SMILES string of the molecule is CCN(Cc1cnn(C)c1)CC(C)C(=N)N. The molecule has 1 aromatic heterocycles. The Balaban J connectivity index is 2.52. The number of hydrogen-bond acceptors (Lipinski definition) is 3. The molecule has 90 valence electrons. The summed E-state index contributed by atoms with van der Waals surface area (Å²) in [4.78, 5) is 2.27. The van der Waals surface area contributed by atoms with Crippen molar-refractivity contribution in [2.24, 2.45) is 18.7 Å². The highest BCUT2D eigenvalue weighted by Gasteiger charge is 2.11. The van der Waals surface area contributed by atoms with Crippen molar-refractivity contribution >= 4 is 5.84 Å². The average Bonchev–Trinajstić information content (AvgIpc) is 2.62. The molecule has 1 aromatic rings. The molecule has 0 saturated carbocycles. The van der Waals surface area contributed by atoms with Gasteiger partial charge in [-0.1, -0.05) is 13.8 Å². The zero-order chi connectivity index (χ0) is 12.1. The minimum absolute atomic E-state index is 0.108. The van der Waals surface area contributed by atoms with Gasteiger partial charge >= 0.3 is 0 Å². The van der Waals surface area contributed by atoms with Crippen LogP contribution < -0.4 is 5.73 Å². The highest BCUT2D eigenvalue weighted by molar-refractivity contribution is 5.79. The third-order valence-corrected chi connectivity index (χ3v) is 2.67. The maximum Gasteiger partial charge on any atom is 0.0947 e. The Labute approximate surface area is 96.7 Å². The zero-order valence-electron chi connectivity index (χ0n) is 10.3. The minimum Gasteiger partial charge on any atom is -0.387 e. The number of amidine groups is 1. The lowest BCUT2D eigenvalue weighted by Crippen LogP contribution is -2.34. The van der Waals surface area contributed by atoms with Gasteiger partial charge in [0.25, 0.3) is 0 Å². The number of hydrogen-bond donors (Lipinski definition) is 2. The van der Waals surface area contributed by atoms with Gasteiger partial charge in [0.15, 0.2) is 0 Å². The predicted octanol–water partition coefficient (Wildman–Crippen LogP) is 0.814. The highest BCUT2D eigenvalue weighted by atomic mass is 15.2. The summed E-state index contributed by atoms with van der Waals surface area (Å²) in [7, 11) is 1.91. The Morgan fingerprint density at radius 1 is 1.69 bits per heavy atom. The summed E-state index contributed by atoms with van der Waals surface area (Å²) >= 11 is 0. The van der Waals surface area contributed by atoms with Crippen LogP contribution in [0.2, 0.25) is 0 Å². The van der Waals surface area contributed by atoms with Crippen molar-refractivity contribution in [2.75, 3.05) is 13.1 Å². The third kappa shape index (κ3) is 3.66. The van der Waals surface area contributed by atoms with Gasteiger partial charge in [-0.25, -0.2) is 0 Å². The van der Waals surface area contributed by atoms with Gasteiger partial charge < -0.3 is 5.73 Å². The van der Waals surface area contributed by atoms with E-state index in [1.165, 1.54) is 5.56 Å². The number of nitrogens with one attached hydrogen (secondary N) is 1. The molecular formula is C11H21N5. The van der Waals surface area contributed by atoms with Crippen molar-refractivity contribution in [3.8, 4) is 0 Å². The molecule has 0 aromatic carbocycles. The fourth-order valence-electron chi connectivity index (χ4n) is 1.60. The molecule has 0 fully saturated rings. The molecule has 0 aliphatic carbocycles. The van der Waals surface area contributed by atoms with E-state index in [0.29, 0.717) is 0 Å². The first-order valence-corrected chi connectivity index (χ1v) is 5.56. The molecule has 1 rings (SSSR count). The van der Waals surface area contributed by atoms with E-state index in [4.69, 9.17) is 11.1 Å². The van der Waals surface area contributed by atoms with Gasteiger partial charge in [-0.15, -0.1) is 0 Å². The van der Waals surface area contributed by atoms with Crippen LogP contribution in [0, 0.1) is 11.3 Å². The van der Waals surface area contributed by atoms with Crippen LogP contribution in [0.4, 0.5) is 0 Å². The molecule has 3 N–H and O–H groups in total. The van der Waals surface area contributed by atoms with Crippen LogP contribution in [0.25, 0.3) is 0 Å². The Morgan fingerprint density at radius 2 is 2.38 bits per heavy atom. The second kappa shape index (κ2) is 5.65. The van der Waals surface area contributed by atoms with E-state index in [1.807, 2.05) is 26.4 Å². The molecule has 0 spiro atoms. The Kier molecular flexibility index (Phi) is 4.49. The first-order chi connectivity index (χ1) is 7.52. The second-order valence-corrected chi connectivity index (χ2v) is 4.21. The molecule has 1 heterocycles. The van der Waals surface area contributed by atoms with Gasteiger partial charge in [0.05, 0.1) is 12.0 Å². The molecule has 0 saturated heterocycles. The minimum atomic E-state index is 0.108. The number of nitrogens with two attached hydrogens (primary N) is 1. The summed E-state index contributed by atoms with van der Waals surface area (Å²) in [6, 6.07) is 0. The molecule has 1 atom stereocenters. The second-order valence-electron chi connectivity index (χ2n) is 4.21. The third-order valence-electron chi connectivity index (χ3n) is 2.67. The topological polar surface area (TPSA) is 70.9 Å². The number of aromatic nitrogens is 2. The van der Waals surface area contributed by atoms with Gasteiger partial charge in [0, 0.05) is 37.8 Å². The lowest BCUT2D eigenvalue weighted by molar-refractivity contribution is 0.263. The summed E-state index contributed by atoms with van der Waals surface area (Å²) in [6.07, 6.45) is 3.89. The smallest absolute Gasteiger partial charge is 0.0947 e. The molecule has 0 amide bonds. The van der Waals surface area contributed by atoms with Crippen molar-refractivity contribution < 1.29 is 0 Å². The molecule has 0 aliphatic rings. The van der Waals surface area contributed by atoms with Crippen molar-refractivity contribution in [1.82, 2.24) is 14.7 Å². The largest absolute Gasteiger partial charge is 0.387 e. The molecule has 1 unspecified atom stereocenters. The van der Waals surface area contributed by atoms with Crippen LogP contribution in [0.3, 0.4) is 0 Å². The van der Waals surface area contributed by atoms with Crippen LogP contribution in [0.15, 0.2) is 12.4 Å². The lowest BCUT2D eigenvalue weighted by Gasteiger charge is -2.22. The van der Waals surface area contributed by atoms with Gasteiger partial charge in [-0.2, -0.15) is 5.10 Å². The number of rotatable bonds is 6. The quantitative estimate of drug-likeness (QED) is 0.554. The molecule has 5 nitrogen and oxygen atoms in total. The fraction of sp³-hybridized carbons (Fsp3) is 0.636. The van der Waals surface area contributed by atoms with Crippen LogP contribution in [0.1, 0.15) is 19.4 Å². The number of aryl methyl sites for hydroxylation is 1. The van der Waals surface area contributed by atoms with E-state index in [0.717, 1.165) is 19.6 Å². The normalized spacial score (nSPS) is 13.0. The summed E-state index contributed by atoms with van der Waals surface area (Å²) in [5, 5.41) is 11.5. The van der Waals surface area contributed by atoms with Gasteiger partial charge in [0.1, 0.15) is 0 Å². The van der Waals surface area contributed by atoms with Crippen LogP contribution in [-0.4, -0.2) is 33.6 Å². The maximum atomic E-state index is 7.39. The Morgan fingerprint density at radius 3 is 2.81 bits per heavy atom. The Hall–Kier alpha value is -1.36. The summed E-state index contributed by atoms with van der Waals surface area (Å²) in [5.74, 6) is 0.362.